The average Bonchev–Trinajstić information content (AvgIpc) is 3.30. The summed E-state index contributed by atoms with van der Waals surface area (Å²) in [5.41, 5.74) is 1.72. The van der Waals surface area contributed by atoms with Crippen LogP contribution in [0.15, 0.2) is 30.3 Å². The van der Waals surface area contributed by atoms with Crippen LogP contribution in [0.5, 0.6) is 0 Å². The molecular weight excluding hydrogens is 381 g/mol. The third-order valence-electron chi connectivity index (χ3n) is 6.69. The molecule has 1 aromatic rings. The van der Waals surface area contributed by atoms with Crippen molar-refractivity contribution in [3.05, 3.63) is 35.9 Å². The van der Waals surface area contributed by atoms with Crippen molar-refractivity contribution in [2.24, 2.45) is 11.3 Å². The van der Waals surface area contributed by atoms with Crippen LogP contribution in [0.3, 0.4) is 0 Å². The molecular formula is C21H33Cl2N3O. The summed E-state index contributed by atoms with van der Waals surface area (Å²) in [5, 5.41) is 3.43. The van der Waals surface area contributed by atoms with Crippen LogP contribution in [0.2, 0.25) is 0 Å². The molecule has 1 amide bonds. The van der Waals surface area contributed by atoms with Crippen LogP contribution >= 0.6 is 24.8 Å². The van der Waals surface area contributed by atoms with E-state index in [1.807, 2.05) is 0 Å². The van der Waals surface area contributed by atoms with Gasteiger partial charge in [0, 0.05) is 37.6 Å². The predicted molar refractivity (Wildman–Crippen MR) is 115 cm³/mol. The first-order valence-electron chi connectivity index (χ1n) is 9.79. The predicted octanol–water partition coefficient (Wildman–Crippen LogP) is 3.34. The maximum absolute atomic E-state index is 13.1. The van der Waals surface area contributed by atoms with Crippen molar-refractivity contribution >= 4 is 30.7 Å². The molecule has 1 aliphatic carbocycles. The Morgan fingerprint density at radius 2 is 1.78 bits per heavy atom. The van der Waals surface area contributed by atoms with Gasteiger partial charge in [0.15, 0.2) is 0 Å². The van der Waals surface area contributed by atoms with Gasteiger partial charge in [0.05, 0.1) is 0 Å². The van der Waals surface area contributed by atoms with Crippen molar-refractivity contribution < 1.29 is 4.79 Å². The van der Waals surface area contributed by atoms with Gasteiger partial charge in [-0.15, -0.1) is 24.8 Å². The highest BCUT2D eigenvalue weighted by Crippen LogP contribution is 2.59. The Balaban J connectivity index is 0.00000131. The molecule has 4 nitrogen and oxygen atoms in total. The molecule has 0 radical (unpaired) electrons. The van der Waals surface area contributed by atoms with Gasteiger partial charge in [0.25, 0.3) is 0 Å². The number of carbonyl (C=O) groups excluding carboxylic acids is 1. The number of nitrogens with one attached hydrogen (secondary N) is 1. The third-order valence-corrected chi connectivity index (χ3v) is 6.69. The number of hydrogen-bond acceptors (Lipinski definition) is 3. The van der Waals surface area contributed by atoms with Crippen LogP contribution in [-0.2, 0) is 11.3 Å². The van der Waals surface area contributed by atoms with Crippen LogP contribution in [0.1, 0.15) is 38.7 Å². The Bertz CT molecular complexity index is 632. The first-order chi connectivity index (χ1) is 12.0. The first kappa shape index (κ1) is 22.5. The fourth-order valence-corrected chi connectivity index (χ4v) is 4.87. The normalized spacial score (nSPS) is 26.0. The Kier molecular flexibility index (Phi) is 7.23. The van der Waals surface area contributed by atoms with Gasteiger partial charge < -0.3 is 10.2 Å². The van der Waals surface area contributed by atoms with Gasteiger partial charge in [0.2, 0.25) is 5.91 Å². The second-order valence-electron chi connectivity index (χ2n) is 8.85. The number of halogens is 2. The average molecular weight is 414 g/mol. The lowest BCUT2D eigenvalue weighted by molar-refractivity contribution is -0.139. The molecule has 27 heavy (non-hydrogen) atoms. The van der Waals surface area contributed by atoms with E-state index < -0.39 is 0 Å². The van der Waals surface area contributed by atoms with Crippen molar-refractivity contribution in [3.63, 3.8) is 0 Å². The zero-order valence-corrected chi connectivity index (χ0v) is 18.1. The molecule has 1 spiro atoms. The van der Waals surface area contributed by atoms with Crippen LogP contribution in [0.4, 0.5) is 0 Å². The molecule has 1 unspecified atom stereocenters. The molecule has 1 saturated carbocycles. The van der Waals surface area contributed by atoms with Gasteiger partial charge >= 0.3 is 0 Å². The van der Waals surface area contributed by atoms with Gasteiger partial charge in [-0.25, -0.2) is 0 Å². The van der Waals surface area contributed by atoms with E-state index in [9.17, 15) is 4.79 Å². The molecule has 3 fully saturated rings. The zero-order valence-electron chi connectivity index (χ0n) is 16.4. The lowest BCUT2D eigenvalue weighted by Gasteiger charge is -2.47. The molecule has 2 heterocycles. The van der Waals surface area contributed by atoms with Gasteiger partial charge in [-0.3, -0.25) is 9.69 Å². The highest BCUT2D eigenvalue weighted by molar-refractivity contribution is 5.85. The summed E-state index contributed by atoms with van der Waals surface area (Å²) >= 11 is 0. The number of piperazine rings is 1. The summed E-state index contributed by atoms with van der Waals surface area (Å²) in [4.78, 5) is 17.8. The van der Waals surface area contributed by atoms with Crippen molar-refractivity contribution in [1.29, 1.82) is 0 Å². The molecule has 1 aromatic carbocycles. The Hall–Kier alpha value is -0.810. The summed E-state index contributed by atoms with van der Waals surface area (Å²) < 4.78 is 0. The molecule has 4 rings (SSSR count). The van der Waals surface area contributed by atoms with E-state index >= 15 is 0 Å². The number of rotatable bonds is 3. The fourth-order valence-electron chi connectivity index (χ4n) is 4.87. The first-order valence-corrected chi connectivity index (χ1v) is 9.79. The quantitative estimate of drug-likeness (QED) is 0.824. The van der Waals surface area contributed by atoms with Gasteiger partial charge in [-0.2, -0.15) is 0 Å². The number of carbonyl (C=O) groups is 1. The smallest absolute Gasteiger partial charge is 0.226 e. The van der Waals surface area contributed by atoms with E-state index in [0.717, 1.165) is 45.7 Å². The monoisotopic (exact) mass is 413 g/mol. The topological polar surface area (TPSA) is 35.6 Å². The molecule has 1 N–H and O–H groups in total. The minimum atomic E-state index is 0. The molecule has 152 valence electrons. The minimum Gasteiger partial charge on any atom is -0.339 e. The van der Waals surface area contributed by atoms with Crippen molar-refractivity contribution in [2.45, 2.75) is 45.2 Å². The summed E-state index contributed by atoms with van der Waals surface area (Å²) in [5.74, 6) is 0.723. The second kappa shape index (κ2) is 8.69. The maximum Gasteiger partial charge on any atom is 0.226 e. The highest BCUT2D eigenvalue weighted by Gasteiger charge is 2.59. The number of amides is 1. The maximum atomic E-state index is 13.1. The molecule has 3 aliphatic rings. The van der Waals surface area contributed by atoms with E-state index in [1.54, 1.807) is 0 Å². The lowest BCUT2D eigenvalue weighted by atomic mass is 9.91. The number of piperidine rings is 1. The minimum absolute atomic E-state index is 0. The van der Waals surface area contributed by atoms with Crippen molar-refractivity contribution in [1.82, 2.24) is 15.1 Å². The third kappa shape index (κ3) is 4.61. The Labute approximate surface area is 175 Å². The SMILES string of the molecule is CC1(C)CN(C(=O)C2CC23CCNCC3)CCN1Cc1ccccc1.Cl.Cl. The lowest BCUT2D eigenvalue weighted by Crippen LogP contribution is -2.60. The molecule has 2 saturated heterocycles. The zero-order chi connectivity index (χ0) is 17.5. The summed E-state index contributed by atoms with van der Waals surface area (Å²) in [6.07, 6.45) is 3.49. The van der Waals surface area contributed by atoms with Crippen LogP contribution < -0.4 is 5.32 Å². The van der Waals surface area contributed by atoms with E-state index in [0.29, 0.717) is 17.2 Å². The molecule has 6 heteroatoms. The summed E-state index contributed by atoms with van der Waals surface area (Å²) in [6.45, 7) is 10.4. The highest BCUT2D eigenvalue weighted by atomic mass is 35.5. The van der Waals surface area contributed by atoms with Crippen LogP contribution in [0.25, 0.3) is 0 Å². The number of hydrogen-bond donors (Lipinski definition) is 1. The van der Waals surface area contributed by atoms with E-state index in [1.165, 1.54) is 18.4 Å². The number of benzene rings is 1. The van der Waals surface area contributed by atoms with Gasteiger partial charge in [0.1, 0.15) is 0 Å². The molecule has 1 atom stereocenters. The summed E-state index contributed by atoms with van der Waals surface area (Å²) in [6, 6.07) is 10.7. The molecule has 0 aromatic heterocycles. The Morgan fingerprint density at radius 1 is 1.11 bits per heavy atom. The fraction of sp³-hybridized carbons (Fsp3) is 0.667. The van der Waals surface area contributed by atoms with E-state index in [-0.39, 0.29) is 30.4 Å². The van der Waals surface area contributed by atoms with E-state index in [2.05, 4.69) is 59.3 Å². The van der Waals surface area contributed by atoms with Gasteiger partial charge in [-0.1, -0.05) is 30.3 Å². The van der Waals surface area contributed by atoms with Crippen LogP contribution in [0, 0.1) is 11.3 Å². The largest absolute Gasteiger partial charge is 0.339 e. The van der Waals surface area contributed by atoms with Gasteiger partial charge in [-0.05, 0) is 57.2 Å². The van der Waals surface area contributed by atoms with Crippen molar-refractivity contribution in [3.8, 4) is 0 Å². The molecule has 2 aliphatic heterocycles. The van der Waals surface area contributed by atoms with E-state index in [4.69, 9.17) is 0 Å². The second-order valence-corrected chi connectivity index (χ2v) is 8.85. The Morgan fingerprint density at radius 3 is 2.41 bits per heavy atom. The van der Waals surface area contributed by atoms with Crippen molar-refractivity contribution in [2.75, 3.05) is 32.7 Å². The van der Waals surface area contributed by atoms with Crippen LogP contribution in [-0.4, -0.2) is 54.0 Å². The standard InChI is InChI=1S/C21H31N3O.2ClH/c1-20(2)16-23(12-13-24(20)15-17-6-4-3-5-7-17)19(25)18-14-21(18)8-10-22-11-9-21;;/h3-7,18,22H,8-16H2,1-2H3;2*1H. The number of nitrogens with zero attached hydrogens (tertiary/aromatic N) is 2. The molecule has 0 bridgehead atoms. The summed E-state index contributed by atoms with van der Waals surface area (Å²) in [7, 11) is 0.